The van der Waals surface area contributed by atoms with Crippen molar-refractivity contribution in [2.45, 2.75) is 12.5 Å². The first-order valence-corrected chi connectivity index (χ1v) is 7.39. The number of nitrogens with zero attached hydrogens (tertiary/aromatic N) is 3. The van der Waals surface area contributed by atoms with E-state index in [1.807, 2.05) is 42.6 Å². The van der Waals surface area contributed by atoms with E-state index in [1.165, 1.54) is 0 Å². The van der Waals surface area contributed by atoms with Gasteiger partial charge in [0.15, 0.2) is 0 Å². The van der Waals surface area contributed by atoms with Crippen LogP contribution in [0.4, 0.5) is 0 Å². The highest BCUT2D eigenvalue weighted by molar-refractivity contribution is 9.10. The molecule has 1 atom stereocenters. The summed E-state index contributed by atoms with van der Waals surface area (Å²) in [5, 5.41) is 14.6. The van der Waals surface area contributed by atoms with Crippen molar-refractivity contribution in [1.82, 2.24) is 14.8 Å². The van der Waals surface area contributed by atoms with Gasteiger partial charge in [0.1, 0.15) is 0 Å². The largest absolute Gasteiger partial charge is 0.388 e. The molecule has 0 fully saturated rings. The summed E-state index contributed by atoms with van der Waals surface area (Å²) in [6, 6.07) is 11.8. The molecular formula is C16H14BrN3O. The van der Waals surface area contributed by atoms with Gasteiger partial charge in [-0.2, -0.15) is 5.10 Å². The summed E-state index contributed by atoms with van der Waals surface area (Å²) in [6.07, 6.45) is 6.94. The van der Waals surface area contributed by atoms with Crippen molar-refractivity contribution in [1.29, 1.82) is 0 Å². The Labute approximate surface area is 131 Å². The van der Waals surface area contributed by atoms with Crippen LogP contribution in [0.15, 0.2) is 65.7 Å². The number of benzene rings is 1. The van der Waals surface area contributed by atoms with Crippen molar-refractivity contribution >= 4 is 15.9 Å². The number of halogens is 1. The number of pyridine rings is 1. The molecule has 0 amide bonds. The van der Waals surface area contributed by atoms with E-state index in [2.05, 4.69) is 26.0 Å². The highest BCUT2D eigenvalue weighted by Crippen LogP contribution is 2.20. The van der Waals surface area contributed by atoms with Crippen LogP contribution in [0.2, 0.25) is 0 Å². The second-order valence-electron chi connectivity index (χ2n) is 4.79. The molecule has 21 heavy (non-hydrogen) atoms. The smallest absolute Gasteiger partial charge is 0.0861 e. The van der Waals surface area contributed by atoms with Gasteiger partial charge in [-0.3, -0.25) is 4.98 Å². The molecule has 106 valence electrons. The molecular weight excluding hydrogens is 330 g/mol. The number of aromatic nitrogens is 3. The molecule has 0 aliphatic carbocycles. The molecule has 0 aliphatic heterocycles. The monoisotopic (exact) mass is 343 g/mol. The standard InChI is InChI=1S/C16H14BrN3O/c17-14-6-12(8-18-10-14)7-16(21)13-9-19-20(11-13)15-4-2-1-3-5-15/h1-6,8-11,16,21H,7H2. The third-order valence-electron chi connectivity index (χ3n) is 3.20. The van der Waals surface area contributed by atoms with Gasteiger partial charge >= 0.3 is 0 Å². The van der Waals surface area contributed by atoms with Crippen LogP contribution in [-0.2, 0) is 6.42 Å². The zero-order chi connectivity index (χ0) is 14.7. The minimum Gasteiger partial charge on any atom is -0.388 e. The molecule has 1 aromatic carbocycles. The molecule has 1 N–H and O–H groups in total. The average Bonchev–Trinajstić information content (AvgIpc) is 2.98. The number of hydrogen-bond donors (Lipinski definition) is 1. The zero-order valence-electron chi connectivity index (χ0n) is 11.2. The number of aliphatic hydroxyl groups excluding tert-OH is 1. The minimum atomic E-state index is -0.599. The van der Waals surface area contributed by atoms with E-state index in [4.69, 9.17) is 0 Å². The highest BCUT2D eigenvalue weighted by Gasteiger charge is 2.12. The molecule has 0 saturated carbocycles. The lowest BCUT2D eigenvalue weighted by atomic mass is 10.1. The van der Waals surface area contributed by atoms with E-state index in [0.717, 1.165) is 21.3 Å². The number of para-hydroxylation sites is 1. The Morgan fingerprint density at radius 2 is 1.95 bits per heavy atom. The summed E-state index contributed by atoms with van der Waals surface area (Å²) in [7, 11) is 0. The Hall–Kier alpha value is -1.98. The predicted octanol–water partition coefficient (Wildman–Crippen LogP) is 3.31. The number of rotatable bonds is 4. The molecule has 2 heterocycles. The van der Waals surface area contributed by atoms with Crippen LogP contribution in [-0.4, -0.2) is 19.9 Å². The molecule has 0 spiro atoms. The maximum absolute atomic E-state index is 10.3. The normalized spacial score (nSPS) is 12.3. The molecule has 5 heteroatoms. The third kappa shape index (κ3) is 3.37. The lowest BCUT2D eigenvalue weighted by Crippen LogP contribution is -2.01. The van der Waals surface area contributed by atoms with Gasteiger partial charge in [0, 0.05) is 35.0 Å². The van der Waals surface area contributed by atoms with Crippen molar-refractivity contribution in [3.63, 3.8) is 0 Å². The lowest BCUT2D eigenvalue weighted by molar-refractivity contribution is 0.178. The van der Waals surface area contributed by atoms with Crippen LogP contribution in [0.3, 0.4) is 0 Å². The van der Waals surface area contributed by atoms with Gasteiger partial charge in [0.2, 0.25) is 0 Å². The van der Waals surface area contributed by atoms with E-state index in [0.29, 0.717) is 6.42 Å². The van der Waals surface area contributed by atoms with Crippen LogP contribution in [0.1, 0.15) is 17.2 Å². The van der Waals surface area contributed by atoms with Crippen LogP contribution >= 0.6 is 15.9 Å². The number of hydrogen-bond acceptors (Lipinski definition) is 3. The number of aliphatic hydroxyl groups is 1. The molecule has 3 aromatic rings. The van der Waals surface area contributed by atoms with Crippen LogP contribution < -0.4 is 0 Å². The summed E-state index contributed by atoms with van der Waals surface area (Å²) in [6.45, 7) is 0. The van der Waals surface area contributed by atoms with Crippen LogP contribution in [0, 0.1) is 0 Å². The van der Waals surface area contributed by atoms with Gasteiger partial charge in [-0.25, -0.2) is 4.68 Å². The SMILES string of the molecule is OC(Cc1cncc(Br)c1)c1cnn(-c2ccccc2)c1. The van der Waals surface area contributed by atoms with Crippen molar-refractivity contribution in [2.24, 2.45) is 0 Å². The van der Waals surface area contributed by atoms with Crippen molar-refractivity contribution < 1.29 is 5.11 Å². The molecule has 0 saturated heterocycles. The van der Waals surface area contributed by atoms with Gasteiger partial charge in [0.25, 0.3) is 0 Å². The van der Waals surface area contributed by atoms with E-state index in [-0.39, 0.29) is 0 Å². The molecule has 0 radical (unpaired) electrons. The third-order valence-corrected chi connectivity index (χ3v) is 3.63. The summed E-state index contributed by atoms with van der Waals surface area (Å²) >= 11 is 3.38. The fourth-order valence-corrected chi connectivity index (χ4v) is 2.55. The first-order valence-electron chi connectivity index (χ1n) is 6.60. The average molecular weight is 344 g/mol. The zero-order valence-corrected chi connectivity index (χ0v) is 12.8. The van der Waals surface area contributed by atoms with Gasteiger partial charge in [-0.1, -0.05) is 18.2 Å². The van der Waals surface area contributed by atoms with Crippen molar-refractivity contribution in [2.75, 3.05) is 0 Å². The summed E-state index contributed by atoms with van der Waals surface area (Å²) in [5.41, 5.74) is 2.74. The molecule has 4 nitrogen and oxygen atoms in total. The quantitative estimate of drug-likeness (QED) is 0.790. The molecule has 1 unspecified atom stereocenters. The van der Waals surface area contributed by atoms with E-state index in [1.54, 1.807) is 23.3 Å². The Kier molecular flexibility index (Phi) is 4.13. The summed E-state index contributed by atoms with van der Waals surface area (Å²) < 4.78 is 2.67. The fraction of sp³-hybridized carbons (Fsp3) is 0.125. The van der Waals surface area contributed by atoms with Crippen LogP contribution in [0.5, 0.6) is 0 Å². The fourth-order valence-electron chi connectivity index (χ4n) is 2.14. The van der Waals surface area contributed by atoms with Crippen LogP contribution in [0.25, 0.3) is 5.69 Å². The lowest BCUT2D eigenvalue weighted by Gasteiger charge is -2.08. The Morgan fingerprint density at radius 1 is 1.14 bits per heavy atom. The van der Waals surface area contributed by atoms with Crippen molar-refractivity contribution in [3.8, 4) is 5.69 Å². The Bertz CT molecular complexity index is 727. The summed E-state index contributed by atoms with van der Waals surface area (Å²) in [5.74, 6) is 0. The van der Waals surface area contributed by atoms with E-state index >= 15 is 0 Å². The van der Waals surface area contributed by atoms with E-state index < -0.39 is 6.10 Å². The Morgan fingerprint density at radius 3 is 2.71 bits per heavy atom. The second kappa shape index (κ2) is 6.20. The van der Waals surface area contributed by atoms with Gasteiger partial charge in [0.05, 0.1) is 18.0 Å². The van der Waals surface area contributed by atoms with Crippen molar-refractivity contribution in [3.05, 3.63) is 76.8 Å². The van der Waals surface area contributed by atoms with Gasteiger partial charge in [-0.05, 0) is 39.7 Å². The molecule has 3 rings (SSSR count). The first kappa shape index (κ1) is 14.0. The molecule has 0 aliphatic rings. The van der Waals surface area contributed by atoms with Gasteiger partial charge in [-0.15, -0.1) is 0 Å². The predicted molar refractivity (Wildman–Crippen MR) is 84.2 cm³/mol. The van der Waals surface area contributed by atoms with Gasteiger partial charge < -0.3 is 5.11 Å². The highest BCUT2D eigenvalue weighted by atomic mass is 79.9. The summed E-state index contributed by atoms with van der Waals surface area (Å²) in [4.78, 5) is 4.10. The second-order valence-corrected chi connectivity index (χ2v) is 5.70. The first-order chi connectivity index (χ1) is 10.2. The molecule has 0 bridgehead atoms. The minimum absolute atomic E-state index is 0.507. The maximum atomic E-state index is 10.3. The maximum Gasteiger partial charge on any atom is 0.0861 e. The Balaban J connectivity index is 1.77. The topological polar surface area (TPSA) is 50.9 Å². The molecule has 2 aromatic heterocycles. The van der Waals surface area contributed by atoms with E-state index in [9.17, 15) is 5.11 Å².